The van der Waals surface area contributed by atoms with Crippen molar-refractivity contribution in [2.24, 2.45) is 11.8 Å². The highest BCUT2D eigenvalue weighted by Gasteiger charge is 2.23. The highest BCUT2D eigenvalue weighted by Crippen LogP contribution is 2.14. The van der Waals surface area contributed by atoms with Crippen molar-refractivity contribution in [1.29, 1.82) is 0 Å². The van der Waals surface area contributed by atoms with Crippen LogP contribution in [0.2, 0.25) is 0 Å². The molecule has 2 rings (SSSR count). The molecule has 2 saturated heterocycles. The highest BCUT2D eigenvalue weighted by atomic mass is 16.6. The number of amides is 1. The Kier molecular flexibility index (Phi) is 21.1. The van der Waals surface area contributed by atoms with Crippen molar-refractivity contribution in [3.63, 3.8) is 0 Å². The Morgan fingerprint density at radius 1 is 1.00 bits per heavy atom. The molecule has 4 heteroatoms. The van der Waals surface area contributed by atoms with Crippen LogP contribution >= 0.6 is 0 Å². The van der Waals surface area contributed by atoms with Crippen LogP contribution in [0.1, 0.15) is 120 Å². The molecule has 0 radical (unpaired) electrons. The molecule has 1 atom stereocenters. The van der Waals surface area contributed by atoms with Gasteiger partial charge in [-0.3, -0.25) is 0 Å². The lowest BCUT2D eigenvalue weighted by Gasteiger charge is -2.23. The molecule has 0 bridgehead atoms. The largest absolute Gasteiger partial charge is 0.444 e. The molecular weight excluding hydrogens is 374 g/mol. The normalized spacial score (nSPS) is 16.6. The van der Waals surface area contributed by atoms with Crippen molar-refractivity contribution in [3.05, 3.63) is 0 Å². The second-order valence-electron chi connectivity index (χ2n) is 9.83. The predicted molar refractivity (Wildman–Crippen MR) is 131 cm³/mol. The van der Waals surface area contributed by atoms with Crippen LogP contribution in [0.3, 0.4) is 0 Å². The first-order chi connectivity index (χ1) is 14.1. The molecule has 4 nitrogen and oxygen atoms in total. The summed E-state index contributed by atoms with van der Waals surface area (Å²) in [5.74, 6) is 1.80. The average molecular weight is 430 g/mol. The summed E-state index contributed by atoms with van der Waals surface area (Å²) in [6.07, 6.45) is 11.7. The lowest BCUT2D eigenvalue weighted by atomic mass is 10.0. The molecule has 0 spiro atoms. The van der Waals surface area contributed by atoms with E-state index in [1.54, 1.807) is 4.90 Å². The Bertz CT molecular complexity index is 367. The van der Waals surface area contributed by atoms with Crippen molar-refractivity contribution in [1.82, 2.24) is 4.90 Å². The second-order valence-corrected chi connectivity index (χ2v) is 9.83. The van der Waals surface area contributed by atoms with Gasteiger partial charge in [0.15, 0.2) is 0 Å². The maximum atomic E-state index is 11.4. The van der Waals surface area contributed by atoms with Crippen molar-refractivity contribution >= 4 is 6.09 Å². The first-order valence-electron chi connectivity index (χ1n) is 12.7. The smallest absolute Gasteiger partial charge is 0.410 e. The van der Waals surface area contributed by atoms with E-state index in [9.17, 15) is 4.79 Å². The van der Waals surface area contributed by atoms with Gasteiger partial charge < -0.3 is 14.4 Å². The van der Waals surface area contributed by atoms with Crippen LogP contribution in [0.4, 0.5) is 4.79 Å². The molecule has 30 heavy (non-hydrogen) atoms. The van der Waals surface area contributed by atoms with Crippen LogP contribution in [-0.2, 0) is 9.47 Å². The molecule has 1 amide bonds. The van der Waals surface area contributed by atoms with Gasteiger partial charge in [0.2, 0.25) is 0 Å². The molecular formula is C26H55NO3. The maximum Gasteiger partial charge on any atom is 0.410 e. The fraction of sp³-hybridized carbons (Fsp3) is 0.962. The van der Waals surface area contributed by atoms with Crippen molar-refractivity contribution in [2.75, 3.05) is 26.3 Å². The topological polar surface area (TPSA) is 38.8 Å². The van der Waals surface area contributed by atoms with E-state index in [4.69, 9.17) is 9.47 Å². The van der Waals surface area contributed by atoms with Crippen LogP contribution < -0.4 is 0 Å². The van der Waals surface area contributed by atoms with Gasteiger partial charge in [-0.15, -0.1) is 0 Å². The Morgan fingerprint density at radius 3 is 1.80 bits per heavy atom. The molecule has 2 aliphatic rings. The van der Waals surface area contributed by atoms with Gasteiger partial charge in [0.1, 0.15) is 5.60 Å². The summed E-state index contributed by atoms with van der Waals surface area (Å²) in [6, 6.07) is 0. The Labute approximate surface area is 189 Å². The predicted octanol–water partition coefficient (Wildman–Crippen LogP) is 8.09. The Balaban J connectivity index is 0. The number of unbranched alkanes of at least 4 members (excludes halogenated alkanes) is 3. The third-order valence-electron chi connectivity index (χ3n) is 5.06. The number of carbonyl (C=O) groups is 1. The van der Waals surface area contributed by atoms with E-state index in [0.717, 1.165) is 51.0 Å². The molecule has 0 aliphatic carbocycles. The summed E-state index contributed by atoms with van der Waals surface area (Å²) in [4.78, 5) is 13.1. The van der Waals surface area contributed by atoms with Crippen LogP contribution in [0.25, 0.3) is 0 Å². The van der Waals surface area contributed by atoms with E-state index >= 15 is 0 Å². The summed E-state index contributed by atoms with van der Waals surface area (Å²) >= 11 is 0. The number of likely N-dealkylation sites (tertiary alicyclic amines) is 1. The fourth-order valence-electron chi connectivity index (χ4n) is 2.53. The van der Waals surface area contributed by atoms with Crippen molar-refractivity contribution < 1.29 is 14.3 Å². The molecule has 1 unspecified atom stereocenters. The SMILES string of the molecule is CC(C)(C)OC(=O)N1CCCC1.CC1COC1.CCCC.CCCCCC(C)CC. The van der Waals surface area contributed by atoms with Gasteiger partial charge in [0.05, 0.1) is 13.2 Å². The number of rotatable bonds is 6. The van der Waals surface area contributed by atoms with Gasteiger partial charge in [-0.2, -0.15) is 0 Å². The highest BCUT2D eigenvalue weighted by molar-refractivity contribution is 5.68. The summed E-state index contributed by atoms with van der Waals surface area (Å²) in [5.41, 5.74) is -0.361. The van der Waals surface area contributed by atoms with E-state index < -0.39 is 0 Å². The third kappa shape index (κ3) is 21.9. The molecule has 2 fully saturated rings. The van der Waals surface area contributed by atoms with E-state index in [-0.39, 0.29) is 11.7 Å². The van der Waals surface area contributed by atoms with Crippen molar-refractivity contribution in [2.45, 2.75) is 126 Å². The maximum absolute atomic E-state index is 11.4. The standard InChI is InChI=1S/C9H17NO2.C9H20.C4H8O.C4H10/c1-9(2,3)12-8(11)10-6-4-5-7-10;1-4-6-7-8-9(3)5-2;1-4-2-5-3-4;1-3-4-2/h4-7H2,1-3H3;9H,4-8H2,1-3H3;4H,2-3H2,1H3;3-4H2,1-2H3. The van der Waals surface area contributed by atoms with Crippen LogP contribution in [0.15, 0.2) is 0 Å². The zero-order valence-corrected chi connectivity index (χ0v) is 22.0. The number of hydrogen-bond donors (Lipinski definition) is 0. The Morgan fingerprint density at radius 2 is 1.50 bits per heavy atom. The number of nitrogens with zero attached hydrogens (tertiary/aromatic N) is 1. The molecule has 0 aromatic rings. The molecule has 2 aliphatic heterocycles. The molecule has 2 heterocycles. The van der Waals surface area contributed by atoms with Crippen LogP contribution in [0.5, 0.6) is 0 Å². The minimum atomic E-state index is -0.361. The summed E-state index contributed by atoms with van der Waals surface area (Å²) < 4.78 is 10.0. The van der Waals surface area contributed by atoms with E-state index in [1.165, 1.54) is 44.9 Å². The van der Waals surface area contributed by atoms with E-state index in [1.807, 2.05) is 20.8 Å². The van der Waals surface area contributed by atoms with Gasteiger partial charge in [0, 0.05) is 19.0 Å². The molecule has 0 aromatic heterocycles. The fourth-order valence-corrected chi connectivity index (χ4v) is 2.53. The Hall–Kier alpha value is -0.770. The summed E-state index contributed by atoms with van der Waals surface area (Å²) in [5, 5.41) is 0. The second kappa shape index (κ2) is 20.2. The quantitative estimate of drug-likeness (QED) is 0.400. The van der Waals surface area contributed by atoms with E-state index in [0.29, 0.717) is 0 Å². The lowest BCUT2D eigenvalue weighted by molar-refractivity contribution is -0.0221. The molecule has 0 N–H and O–H groups in total. The van der Waals surface area contributed by atoms with Gasteiger partial charge in [-0.25, -0.2) is 4.79 Å². The first kappa shape index (κ1) is 31.4. The molecule has 0 aromatic carbocycles. The zero-order chi connectivity index (χ0) is 23.4. The molecule has 0 saturated carbocycles. The third-order valence-corrected chi connectivity index (χ3v) is 5.06. The monoisotopic (exact) mass is 429 g/mol. The summed E-state index contributed by atoms with van der Waals surface area (Å²) in [7, 11) is 0. The van der Waals surface area contributed by atoms with Crippen molar-refractivity contribution in [3.8, 4) is 0 Å². The zero-order valence-electron chi connectivity index (χ0n) is 22.0. The average Bonchev–Trinajstić information content (AvgIpc) is 3.21. The van der Waals surface area contributed by atoms with Gasteiger partial charge in [0.25, 0.3) is 0 Å². The van der Waals surface area contributed by atoms with Gasteiger partial charge in [-0.05, 0) is 39.5 Å². The number of carbonyl (C=O) groups excluding carboxylic acids is 1. The summed E-state index contributed by atoms with van der Waals surface area (Å²) in [6.45, 7) is 22.8. The van der Waals surface area contributed by atoms with E-state index in [2.05, 4.69) is 41.5 Å². The lowest BCUT2D eigenvalue weighted by Crippen LogP contribution is -2.34. The van der Waals surface area contributed by atoms with Crippen LogP contribution in [-0.4, -0.2) is 42.9 Å². The number of ether oxygens (including phenoxy) is 2. The van der Waals surface area contributed by atoms with Gasteiger partial charge >= 0.3 is 6.09 Å². The first-order valence-corrected chi connectivity index (χ1v) is 12.7. The minimum Gasteiger partial charge on any atom is -0.444 e. The molecule has 182 valence electrons. The van der Waals surface area contributed by atoms with Crippen LogP contribution in [0, 0.1) is 11.8 Å². The minimum absolute atomic E-state index is 0.167. The number of hydrogen-bond acceptors (Lipinski definition) is 3. The van der Waals surface area contributed by atoms with Gasteiger partial charge in [-0.1, -0.05) is 86.5 Å².